The van der Waals surface area contributed by atoms with Gasteiger partial charge in [0.2, 0.25) is 0 Å². The standard InChI is InChI=1S/C18H16N6.C12H22O4/c1-5-19-6-2-15(1)13-23-11-9-21-17(23)18-22-10-12-24(18)14-16-3-7-20-8-4-16;13-11(14)9-7-5-3-1-2-4-6-8-10-12(15)16/h1-12H,13-14H2;1-10H2,(H,13,14)(H,15,16). The van der Waals surface area contributed by atoms with Crippen LogP contribution in [-0.2, 0) is 22.7 Å². The van der Waals surface area contributed by atoms with Gasteiger partial charge in [-0.1, -0.05) is 38.5 Å². The zero-order valence-electron chi connectivity index (χ0n) is 22.8. The molecule has 0 amide bonds. The molecule has 0 aliphatic rings. The first kappa shape index (κ1) is 30.2. The number of carbonyl (C=O) groups is 2. The van der Waals surface area contributed by atoms with Crippen LogP contribution in [0.3, 0.4) is 0 Å². The molecule has 0 atom stereocenters. The molecular weight excluding hydrogens is 508 g/mol. The molecule has 212 valence electrons. The van der Waals surface area contributed by atoms with E-state index in [-0.39, 0.29) is 12.8 Å². The van der Waals surface area contributed by atoms with Crippen LogP contribution < -0.4 is 0 Å². The van der Waals surface area contributed by atoms with E-state index in [2.05, 4.69) is 29.1 Å². The van der Waals surface area contributed by atoms with Gasteiger partial charge in [0.05, 0.1) is 0 Å². The minimum absolute atomic E-state index is 0.276. The largest absolute Gasteiger partial charge is 0.481 e. The highest BCUT2D eigenvalue weighted by Gasteiger charge is 2.13. The number of aromatic nitrogens is 6. The summed E-state index contributed by atoms with van der Waals surface area (Å²) in [4.78, 5) is 37.6. The van der Waals surface area contributed by atoms with E-state index in [0.717, 1.165) is 76.1 Å². The summed E-state index contributed by atoms with van der Waals surface area (Å²) < 4.78 is 4.20. The summed E-state index contributed by atoms with van der Waals surface area (Å²) in [6, 6.07) is 8.03. The van der Waals surface area contributed by atoms with Gasteiger partial charge in [-0.2, -0.15) is 0 Å². The molecule has 0 saturated heterocycles. The van der Waals surface area contributed by atoms with Gasteiger partial charge in [0.1, 0.15) is 0 Å². The predicted molar refractivity (Wildman–Crippen MR) is 152 cm³/mol. The molecule has 0 saturated carbocycles. The number of carboxylic acid groups (broad SMARTS) is 2. The summed E-state index contributed by atoms with van der Waals surface area (Å²) in [6.07, 6.45) is 23.3. The number of aliphatic carboxylic acids is 2. The highest BCUT2D eigenvalue weighted by Crippen LogP contribution is 2.18. The van der Waals surface area contributed by atoms with E-state index in [1.807, 2.05) is 49.1 Å². The fourth-order valence-electron chi connectivity index (χ4n) is 4.27. The van der Waals surface area contributed by atoms with Crippen molar-refractivity contribution < 1.29 is 19.8 Å². The normalized spacial score (nSPS) is 10.6. The highest BCUT2D eigenvalue weighted by molar-refractivity contribution is 5.66. The predicted octanol–water partition coefficient (Wildman–Crippen LogP) is 5.69. The van der Waals surface area contributed by atoms with Crippen molar-refractivity contribution in [2.75, 3.05) is 0 Å². The highest BCUT2D eigenvalue weighted by atomic mass is 16.4. The summed E-state index contributed by atoms with van der Waals surface area (Å²) in [7, 11) is 0. The molecule has 0 aromatic carbocycles. The summed E-state index contributed by atoms with van der Waals surface area (Å²) in [6.45, 7) is 1.47. The van der Waals surface area contributed by atoms with Crippen molar-refractivity contribution in [3.63, 3.8) is 0 Å². The Morgan fingerprint density at radius 3 is 1.25 bits per heavy atom. The molecule has 0 spiro atoms. The fourth-order valence-corrected chi connectivity index (χ4v) is 4.27. The SMILES string of the molecule is O=C(O)CCCCCCCCCCC(=O)O.c1cc(Cn2ccnc2-c2nccn2Cc2ccncc2)ccn1. The fraction of sp³-hybridized carbons (Fsp3) is 0.400. The molecule has 2 N–H and O–H groups in total. The third kappa shape index (κ3) is 11.2. The first-order chi connectivity index (χ1) is 19.5. The Kier molecular flexibility index (Phi) is 13.1. The quantitative estimate of drug-likeness (QED) is 0.171. The van der Waals surface area contributed by atoms with Crippen LogP contribution in [0.2, 0.25) is 0 Å². The molecule has 4 heterocycles. The maximum atomic E-state index is 10.2. The molecule has 0 aliphatic heterocycles. The Morgan fingerprint density at radius 2 is 0.900 bits per heavy atom. The van der Waals surface area contributed by atoms with Gasteiger partial charge >= 0.3 is 11.9 Å². The second-order valence-corrected chi connectivity index (χ2v) is 9.58. The van der Waals surface area contributed by atoms with Crippen LogP contribution in [0.25, 0.3) is 11.6 Å². The summed E-state index contributed by atoms with van der Waals surface area (Å²) in [5.74, 6) is 0.277. The number of hydrogen-bond donors (Lipinski definition) is 2. The molecular formula is C30H38N6O4. The smallest absolute Gasteiger partial charge is 0.303 e. The lowest BCUT2D eigenvalue weighted by atomic mass is 10.1. The van der Waals surface area contributed by atoms with Gasteiger partial charge in [-0.05, 0) is 48.2 Å². The molecule has 0 aliphatic carbocycles. The van der Waals surface area contributed by atoms with Crippen LogP contribution in [0, 0.1) is 0 Å². The number of carboxylic acids is 2. The number of unbranched alkanes of at least 4 members (excludes halogenated alkanes) is 7. The van der Waals surface area contributed by atoms with E-state index < -0.39 is 11.9 Å². The van der Waals surface area contributed by atoms with E-state index in [4.69, 9.17) is 10.2 Å². The van der Waals surface area contributed by atoms with Crippen molar-refractivity contribution in [2.45, 2.75) is 77.3 Å². The van der Waals surface area contributed by atoms with Gasteiger partial charge in [0, 0.05) is 75.5 Å². The number of nitrogens with zero attached hydrogens (tertiary/aromatic N) is 6. The molecule has 0 unspecified atom stereocenters. The van der Waals surface area contributed by atoms with Gasteiger partial charge in [-0.25, -0.2) is 9.97 Å². The van der Waals surface area contributed by atoms with Gasteiger partial charge in [0.25, 0.3) is 0 Å². The maximum Gasteiger partial charge on any atom is 0.303 e. The van der Waals surface area contributed by atoms with Crippen molar-refractivity contribution in [2.24, 2.45) is 0 Å². The lowest BCUT2D eigenvalue weighted by Crippen LogP contribution is -2.07. The van der Waals surface area contributed by atoms with Gasteiger partial charge < -0.3 is 19.3 Å². The van der Waals surface area contributed by atoms with Crippen LogP contribution in [-0.4, -0.2) is 51.2 Å². The summed E-state index contributed by atoms with van der Waals surface area (Å²) in [5, 5.41) is 16.8. The third-order valence-corrected chi connectivity index (χ3v) is 6.37. The van der Waals surface area contributed by atoms with Crippen LogP contribution >= 0.6 is 0 Å². The number of rotatable bonds is 16. The number of imidazole rings is 2. The van der Waals surface area contributed by atoms with Crippen molar-refractivity contribution >= 4 is 11.9 Å². The molecule has 0 radical (unpaired) electrons. The molecule has 0 bridgehead atoms. The first-order valence-corrected chi connectivity index (χ1v) is 13.8. The summed E-state index contributed by atoms with van der Waals surface area (Å²) in [5.41, 5.74) is 2.35. The van der Waals surface area contributed by atoms with E-state index >= 15 is 0 Å². The topological polar surface area (TPSA) is 136 Å². The number of hydrogen-bond acceptors (Lipinski definition) is 6. The molecule has 40 heavy (non-hydrogen) atoms. The molecule has 4 aromatic heterocycles. The lowest BCUT2D eigenvalue weighted by Gasteiger charge is -2.10. The van der Waals surface area contributed by atoms with Crippen molar-refractivity contribution in [1.82, 2.24) is 29.1 Å². The minimum Gasteiger partial charge on any atom is -0.481 e. The molecule has 4 aromatic rings. The van der Waals surface area contributed by atoms with Crippen molar-refractivity contribution in [1.29, 1.82) is 0 Å². The second-order valence-electron chi connectivity index (χ2n) is 9.58. The number of pyridine rings is 2. The molecule has 10 nitrogen and oxygen atoms in total. The van der Waals surface area contributed by atoms with Crippen LogP contribution in [0.5, 0.6) is 0 Å². The van der Waals surface area contributed by atoms with Crippen LogP contribution in [0.15, 0.2) is 73.8 Å². The Hall–Kier alpha value is -4.34. The third-order valence-electron chi connectivity index (χ3n) is 6.37. The first-order valence-electron chi connectivity index (χ1n) is 13.8. The van der Waals surface area contributed by atoms with E-state index in [0.29, 0.717) is 0 Å². The van der Waals surface area contributed by atoms with Crippen molar-refractivity contribution in [3.8, 4) is 11.6 Å². The second kappa shape index (κ2) is 17.3. The van der Waals surface area contributed by atoms with Gasteiger partial charge in [0.15, 0.2) is 11.6 Å². The molecule has 0 fully saturated rings. The van der Waals surface area contributed by atoms with Gasteiger partial charge in [-0.3, -0.25) is 19.6 Å². The Morgan fingerprint density at radius 1 is 0.550 bits per heavy atom. The summed E-state index contributed by atoms with van der Waals surface area (Å²) >= 11 is 0. The Labute approximate surface area is 234 Å². The average molecular weight is 547 g/mol. The van der Waals surface area contributed by atoms with Crippen molar-refractivity contribution in [3.05, 3.63) is 85.0 Å². The van der Waals surface area contributed by atoms with E-state index in [9.17, 15) is 9.59 Å². The molecule has 10 heteroatoms. The van der Waals surface area contributed by atoms with Crippen LogP contribution in [0.4, 0.5) is 0 Å². The lowest BCUT2D eigenvalue weighted by molar-refractivity contribution is -0.138. The Bertz CT molecular complexity index is 1170. The zero-order valence-corrected chi connectivity index (χ0v) is 22.8. The minimum atomic E-state index is -0.714. The van der Waals surface area contributed by atoms with E-state index in [1.54, 1.807) is 24.8 Å². The average Bonchev–Trinajstić information content (AvgIpc) is 3.60. The zero-order chi connectivity index (χ0) is 28.4. The monoisotopic (exact) mass is 546 g/mol. The molecule has 4 rings (SSSR count). The van der Waals surface area contributed by atoms with Crippen LogP contribution in [0.1, 0.15) is 75.3 Å². The maximum absolute atomic E-state index is 10.2. The van der Waals surface area contributed by atoms with Gasteiger partial charge in [-0.15, -0.1) is 0 Å². The van der Waals surface area contributed by atoms with E-state index in [1.165, 1.54) is 11.1 Å². The Balaban J connectivity index is 0.000000243.